The molecule has 4 aromatic rings. The highest BCUT2D eigenvalue weighted by Crippen LogP contribution is 2.33. The number of hydrogen-bond donors (Lipinski definition) is 1. The Kier molecular flexibility index (Phi) is 5.81. The number of amides is 1. The monoisotopic (exact) mass is 436 g/mol. The number of alkyl halides is 3. The number of carbonyl (C=O) groups is 1. The maximum Gasteiger partial charge on any atom is 0.573 e. The molecule has 0 saturated heterocycles. The number of pyridine rings is 1. The molecule has 162 valence electrons. The Morgan fingerprint density at radius 3 is 2.34 bits per heavy atom. The molecule has 0 bridgehead atoms. The summed E-state index contributed by atoms with van der Waals surface area (Å²) in [6.07, 6.45) is -4.82. The second-order valence-electron chi connectivity index (χ2n) is 7.17. The van der Waals surface area contributed by atoms with Gasteiger partial charge in [-0.05, 0) is 24.6 Å². The van der Waals surface area contributed by atoms with Crippen molar-refractivity contribution in [1.29, 1.82) is 0 Å². The lowest BCUT2D eigenvalue weighted by molar-refractivity contribution is -0.274. The van der Waals surface area contributed by atoms with Crippen LogP contribution in [0.25, 0.3) is 22.0 Å². The molecule has 3 aromatic carbocycles. The number of para-hydroxylation sites is 2. The van der Waals surface area contributed by atoms with E-state index in [4.69, 9.17) is 0 Å². The van der Waals surface area contributed by atoms with Crippen molar-refractivity contribution in [1.82, 2.24) is 10.3 Å². The van der Waals surface area contributed by atoms with Gasteiger partial charge in [-0.2, -0.15) is 0 Å². The quantitative estimate of drug-likeness (QED) is 0.415. The van der Waals surface area contributed by atoms with Crippen LogP contribution in [0.2, 0.25) is 0 Å². The van der Waals surface area contributed by atoms with Crippen molar-refractivity contribution in [2.24, 2.45) is 0 Å². The zero-order valence-electron chi connectivity index (χ0n) is 17.1. The van der Waals surface area contributed by atoms with Gasteiger partial charge in [0.1, 0.15) is 5.75 Å². The summed E-state index contributed by atoms with van der Waals surface area (Å²) in [6, 6.07) is 22.7. The molecular formula is C25H19F3N2O2. The molecule has 7 heteroatoms. The van der Waals surface area contributed by atoms with Crippen LogP contribution in [0.15, 0.2) is 78.9 Å². The van der Waals surface area contributed by atoms with E-state index < -0.39 is 12.3 Å². The molecule has 0 aliphatic heterocycles. The lowest BCUT2D eigenvalue weighted by Crippen LogP contribution is -2.26. The van der Waals surface area contributed by atoms with Crippen LogP contribution in [0.5, 0.6) is 5.75 Å². The highest BCUT2D eigenvalue weighted by Gasteiger charge is 2.32. The van der Waals surface area contributed by atoms with E-state index in [0.29, 0.717) is 11.3 Å². The standard InChI is InChI=1S/C25H19F3N2O2/c1-16-22(24(31)29-15-18-11-5-8-14-21(18)32-25(26,27)28)23(17-9-3-2-4-10-17)19-12-6-7-13-20(19)30-16/h2-14H,15H2,1H3,(H,29,31). The second-order valence-corrected chi connectivity index (χ2v) is 7.17. The molecular weight excluding hydrogens is 417 g/mol. The van der Waals surface area contributed by atoms with Crippen LogP contribution in [0, 0.1) is 6.92 Å². The SMILES string of the molecule is Cc1nc2ccccc2c(-c2ccccc2)c1C(=O)NCc1ccccc1OC(F)(F)F. The maximum absolute atomic E-state index is 13.3. The predicted octanol–water partition coefficient (Wildman–Crippen LogP) is 6.04. The Morgan fingerprint density at radius 2 is 1.59 bits per heavy atom. The van der Waals surface area contributed by atoms with Crippen LogP contribution in [0.1, 0.15) is 21.6 Å². The first-order valence-corrected chi connectivity index (χ1v) is 9.90. The highest BCUT2D eigenvalue weighted by atomic mass is 19.4. The molecule has 0 fully saturated rings. The van der Waals surface area contributed by atoms with Crippen LogP contribution < -0.4 is 10.1 Å². The molecule has 0 aliphatic rings. The van der Waals surface area contributed by atoms with E-state index in [2.05, 4.69) is 15.0 Å². The molecule has 0 spiro atoms. The lowest BCUT2D eigenvalue weighted by atomic mass is 9.94. The number of halogens is 3. The van der Waals surface area contributed by atoms with Crippen molar-refractivity contribution in [3.05, 3.63) is 95.7 Å². The molecule has 4 rings (SSSR count). The number of nitrogens with one attached hydrogen (secondary N) is 1. The third-order valence-corrected chi connectivity index (χ3v) is 5.00. The minimum absolute atomic E-state index is 0.133. The number of fused-ring (bicyclic) bond motifs is 1. The number of hydrogen-bond acceptors (Lipinski definition) is 3. The molecule has 1 heterocycles. The van der Waals surface area contributed by atoms with Gasteiger partial charge >= 0.3 is 6.36 Å². The fourth-order valence-electron chi connectivity index (χ4n) is 3.66. The number of nitrogens with zero attached hydrogens (tertiary/aromatic N) is 1. The van der Waals surface area contributed by atoms with Crippen molar-refractivity contribution in [3.8, 4) is 16.9 Å². The van der Waals surface area contributed by atoms with Gasteiger partial charge in [-0.3, -0.25) is 9.78 Å². The van der Waals surface area contributed by atoms with E-state index >= 15 is 0 Å². The fourth-order valence-corrected chi connectivity index (χ4v) is 3.66. The van der Waals surface area contributed by atoms with Crippen molar-refractivity contribution in [2.45, 2.75) is 19.8 Å². The number of rotatable bonds is 5. The largest absolute Gasteiger partial charge is 0.573 e. The summed E-state index contributed by atoms with van der Waals surface area (Å²) >= 11 is 0. The minimum Gasteiger partial charge on any atom is -0.405 e. The van der Waals surface area contributed by atoms with Gasteiger partial charge in [-0.1, -0.05) is 66.7 Å². The third-order valence-electron chi connectivity index (χ3n) is 5.00. The lowest BCUT2D eigenvalue weighted by Gasteiger charge is -2.17. The van der Waals surface area contributed by atoms with Gasteiger partial charge < -0.3 is 10.1 Å². The van der Waals surface area contributed by atoms with E-state index in [-0.39, 0.29) is 17.9 Å². The Labute approximate surface area is 182 Å². The summed E-state index contributed by atoms with van der Waals surface area (Å²) in [7, 11) is 0. The van der Waals surface area contributed by atoms with Gasteiger partial charge in [0.15, 0.2) is 0 Å². The Bertz CT molecular complexity index is 1270. The molecule has 1 aromatic heterocycles. The van der Waals surface area contributed by atoms with Gasteiger partial charge in [-0.15, -0.1) is 13.2 Å². The molecule has 4 nitrogen and oxygen atoms in total. The number of ether oxygens (including phenoxy) is 1. The van der Waals surface area contributed by atoms with Gasteiger partial charge in [0.05, 0.1) is 16.8 Å². The van der Waals surface area contributed by atoms with E-state index in [1.165, 1.54) is 18.2 Å². The summed E-state index contributed by atoms with van der Waals surface area (Å²) in [5, 5.41) is 3.55. The third kappa shape index (κ3) is 4.56. The summed E-state index contributed by atoms with van der Waals surface area (Å²) < 4.78 is 42.2. The van der Waals surface area contributed by atoms with E-state index in [0.717, 1.165) is 22.0 Å². The van der Waals surface area contributed by atoms with Crippen LogP contribution in [0.4, 0.5) is 13.2 Å². The Morgan fingerprint density at radius 1 is 0.938 bits per heavy atom. The first-order valence-electron chi connectivity index (χ1n) is 9.90. The fraction of sp³-hybridized carbons (Fsp3) is 0.120. The van der Waals surface area contributed by atoms with Crippen molar-refractivity contribution in [3.63, 3.8) is 0 Å². The van der Waals surface area contributed by atoms with Crippen LogP contribution in [-0.4, -0.2) is 17.3 Å². The van der Waals surface area contributed by atoms with E-state index in [9.17, 15) is 18.0 Å². The number of aryl methyl sites for hydroxylation is 1. The molecule has 0 unspecified atom stereocenters. The Balaban J connectivity index is 1.72. The second kappa shape index (κ2) is 8.70. The number of carbonyl (C=O) groups excluding carboxylic acids is 1. The molecule has 1 N–H and O–H groups in total. The molecule has 0 radical (unpaired) electrons. The molecule has 32 heavy (non-hydrogen) atoms. The number of benzene rings is 3. The molecule has 1 amide bonds. The first kappa shape index (κ1) is 21.4. The maximum atomic E-state index is 13.3. The Hall–Kier alpha value is -3.87. The summed E-state index contributed by atoms with van der Waals surface area (Å²) in [5.74, 6) is -0.779. The van der Waals surface area contributed by atoms with Gasteiger partial charge in [0, 0.05) is 23.1 Å². The van der Waals surface area contributed by atoms with Crippen LogP contribution in [-0.2, 0) is 6.54 Å². The van der Waals surface area contributed by atoms with Gasteiger partial charge in [0.25, 0.3) is 5.91 Å². The average Bonchev–Trinajstić information content (AvgIpc) is 2.77. The first-order chi connectivity index (χ1) is 15.3. The van der Waals surface area contributed by atoms with Gasteiger partial charge in [-0.25, -0.2) is 0 Å². The average molecular weight is 436 g/mol. The summed E-state index contributed by atoms with van der Waals surface area (Å²) in [4.78, 5) is 17.8. The zero-order valence-corrected chi connectivity index (χ0v) is 17.1. The van der Waals surface area contributed by atoms with E-state index in [1.807, 2.05) is 54.6 Å². The summed E-state index contributed by atoms with van der Waals surface area (Å²) in [6.45, 7) is 1.61. The van der Waals surface area contributed by atoms with Gasteiger partial charge in [0.2, 0.25) is 0 Å². The van der Waals surface area contributed by atoms with Crippen molar-refractivity contribution >= 4 is 16.8 Å². The highest BCUT2D eigenvalue weighted by molar-refractivity contribution is 6.09. The predicted molar refractivity (Wildman–Crippen MR) is 116 cm³/mol. The van der Waals surface area contributed by atoms with Crippen LogP contribution >= 0.6 is 0 Å². The zero-order chi connectivity index (χ0) is 22.7. The van der Waals surface area contributed by atoms with Crippen molar-refractivity contribution in [2.75, 3.05) is 0 Å². The molecule has 0 saturated carbocycles. The van der Waals surface area contributed by atoms with Crippen molar-refractivity contribution < 1.29 is 22.7 Å². The smallest absolute Gasteiger partial charge is 0.405 e. The van der Waals surface area contributed by atoms with Crippen LogP contribution in [0.3, 0.4) is 0 Å². The molecule has 0 aliphatic carbocycles. The summed E-state index contributed by atoms with van der Waals surface area (Å²) in [5.41, 5.74) is 3.45. The number of aromatic nitrogens is 1. The molecule has 0 atom stereocenters. The normalized spacial score (nSPS) is 11.4. The topological polar surface area (TPSA) is 51.2 Å². The van der Waals surface area contributed by atoms with E-state index in [1.54, 1.807) is 13.0 Å². The minimum atomic E-state index is -4.82.